The molecule has 0 atom stereocenters. The van der Waals surface area contributed by atoms with E-state index in [2.05, 4.69) is 0 Å². The normalized spacial score (nSPS) is 11.8. The Hall–Kier alpha value is -1.30. The zero-order chi connectivity index (χ0) is 13.1. The number of aromatic nitrogens is 1. The number of pyridine rings is 1. The van der Waals surface area contributed by atoms with E-state index < -0.39 is 11.7 Å². The van der Waals surface area contributed by atoms with Crippen LogP contribution in [0.3, 0.4) is 0 Å². The molecular weight excluding hydrogens is 233 g/mol. The van der Waals surface area contributed by atoms with Gasteiger partial charge in [-0.3, -0.25) is 5.41 Å². The molecule has 0 aliphatic rings. The van der Waals surface area contributed by atoms with Crippen molar-refractivity contribution >= 4 is 0 Å². The maximum Gasteiger partial charge on any atom is 0.416 e. The summed E-state index contributed by atoms with van der Waals surface area (Å²) in [4.78, 5) is 0. The Balaban J connectivity index is 3.26. The molecule has 1 aromatic rings. The molecule has 0 unspecified atom stereocenters. The molecule has 0 bridgehead atoms. The first-order valence-corrected chi connectivity index (χ1v) is 5.36. The molecule has 0 saturated carbocycles. The minimum atomic E-state index is -4.45. The molecule has 1 rings (SSSR count). The van der Waals surface area contributed by atoms with Crippen LogP contribution in [0.25, 0.3) is 0 Å². The van der Waals surface area contributed by atoms with Gasteiger partial charge in [-0.25, -0.2) is 0 Å². The molecule has 0 fully saturated rings. The molecular formula is C11H15F3N2O. The fraction of sp³-hybridized carbons (Fsp3) is 0.545. The third kappa shape index (κ3) is 3.33. The smallest absolute Gasteiger partial charge is 0.396 e. The highest BCUT2D eigenvalue weighted by Gasteiger charge is 2.33. The summed E-state index contributed by atoms with van der Waals surface area (Å²) in [5.41, 5.74) is -0.808. The largest absolute Gasteiger partial charge is 0.416 e. The van der Waals surface area contributed by atoms with E-state index in [1.165, 1.54) is 10.8 Å². The lowest BCUT2D eigenvalue weighted by molar-refractivity contribution is -0.138. The van der Waals surface area contributed by atoms with E-state index >= 15 is 0 Å². The molecule has 96 valence electrons. The SMILES string of the molecule is CCn1cc(CCCO)c(C(F)(F)F)cc1=N. The summed E-state index contributed by atoms with van der Waals surface area (Å²) in [6.45, 7) is 2.07. The number of aliphatic hydroxyl groups is 1. The van der Waals surface area contributed by atoms with E-state index in [9.17, 15) is 13.2 Å². The molecule has 6 heteroatoms. The number of alkyl halides is 3. The predicted octanol–water partition coefficient (Wildman–Crippen LogP) is 1.93. The van der Waals surface area contributed by atoms with Crippen LogP contribution < -0.4 is 5.49 Å². The monoisotopic (exact) mass is 248 g/mol. The maximum absolute atomic E-state index is 12.7. The second kappa shape index (κ2) is 5.35. The quantitative estimate of drug-likeness (QED) is 0.840. The topological polar surface area (TPSA) is 49.0 Å². The average Bonchev–Trinajstić information content (AvgIpc) is 2.25. The number of aliphatic hydroxyl groups excluding tert-OH is 1. The van der Waals surface area contributed by atoms with Gasteiger partial charge in [0.15, 0.2) is 0 Å². The van der Waals surface area contributed by atoms with Gasteiger partial charge in [-0.15, -0.1) is 0 Å². The highest BCUT2D eigenvalue weighted by molar-refractivity contribution is 5.26. The Morgan fingerprint density at radius 1 is 1.41 bits per heavy atom. The zero-order valence-corrected chi connectivity index (χ0v) is 9.51. The molecule has 0 aliphatic heterocycles. The molecule has 0 radical (unpaired) electrons. The van der Waals surface area contributed by atoms with Crippen molar-refractivity contribution in [3.63, 3.8) is 0 Å². The first kappa shape index (κ1) is 13.8. The van der Waals surface area contributed by atoms with E-state index in [0.717, 1.165) is 6.07 Å². The summed E-state index contributed by atoms with van der Waals surface area (Å²) in [6.07, 6.45) is -2.66. The van der Waals surface area contributed by atoms with Crippen molar-refractivity contribution in [2.75, 3.05) is 6.61 Å². The summed E-state index contributed by atoms with van der Waals surface area (Å²) in [5, 5.41) is 16.2. The standard InChI is InChI=1S/C11H15F3N2O/c1-2-16-7-8(4-3-5-17)9(6-10(16)15)11(12,13)14/h6-7,15,17H,2-5H2,1H3. The molecule has 1 heterocycles. The van der Waals surface area contributed by atoms with Gasteiger partial charge in [-0.1, -0.05) is 0 Å². The van der Waals surface area contributed by atoms with Crippen molar-refractivity contribution in [3.05, 3.63) is 28.9 Å². The van der Waals surface area contributed by atoms with E-state index in [0.29, 0.717) is 6.54 Å². The molecule has 1 aromatic heterocycles. The predicted molar refractivity (Wildman–Crippen MR) is 56.4 cm³/mol. The van der Waals surface area contributed by atoms with Gasteiger partial charge in [0.1, 0.15) is 5.49 Å². The lowest BCUT2D eigenvalue weighted by Crippen LogP contribution is -2.23. The Labute approximate surface area is 97.0 Å². The van der Waals surface area contributed by atoms with Crippen molar-refractivity contribution in [1.29, 1.82) is 5.41 Å². The van der Waals surface area contributed by atoms with Gasteiger partial charge in [0.2, 0.25) is 0 Å². The highest BCUT2D eigenvalue weighted by atomic mass is 19.4. The highest BCUT2D eigenvalue weighted by Crippen LogP contribution is 2.31. The van der Waals surface area contributed by atoms with Crippen LogP contribution in [0.5, 0.6) is 0 Å². The number of hydrogen-bond acceptors (Lipinski definition) is 2. The molecule has 0 amide bonds. The first-order chi connectivity index (χ1) is 7.90. The van der Waals surface area contributed by atoms with Crippen LogP contribution >= 0.6 is 0 Å². The first-order valence-electron chi connectivity index (χ1n) is 5.36. The average molecular weight is 248 g/mol. The van der Waals surface area contributed by atoms with E-state index in [-0.39, 0.29) is 30.5 Å². The summed E-state index contributed by atoms with van der Waals surface area (Å²) >= 11 is 0. The van der Waals surface area contributed by atoms with Gasteiger partial charge in [-0.05, 0) is 31.4 Å². The third-order valence-corrected chi connectivity index (χ3v) is 2.50. The van der Waals surface area contributed by atoms with Gasteiger partial charge in [0.05, 0.1) is 5.56 Å². The molecule has 0 aliphatic carbocycles. The molecule has 0 spiro atoms. The fourth-order valence-electron chi connectivity index (χ4n) is 1.63. The van der Waals surface area contributed by atoms with Gasteiger partial charge in [-0.2, -0.15) is 13.2 Å². The van der Waals surface area contributed by atoms with Crippen LogP contribution in [0, 0.1) is 5.41 Å². The Morgan fingerprint density at radius 3 is 2.53 bits per heavy atom. The van der Waals surface area contributed by atoms with Crippen LogP contribution in [0.1, 0.15) is 24.5 Å². The van der Waals surface area contributed by atoms with Crippen molar-refractivity contribution in [2.45, 2.75) is 32.5 Å². The second-order valence-corrected chi connectivity index (χ2v) is 3.71. The second-order valence-electron chi connectivity index (χ2n) is 3.71. The summed E-state index contributed by atoms with van der Waals surface area (Å²) in [7, 11) is 0. The van der Waals surface area contributed by atoms with Crippen molar-refractivity contribution in [1.82, 2.24) is 4.57 Å². The minimum absolute atomic E-state index is 0.129. The Morgan fingerprint density at radius 2 is 2.06 bits per heavy atom. The summed E-state index contributed by atoms with van der Waals surface area (Å²) in [6, 6.07) is 0.843. The molecule has 17 heavy (non-hydrogen) atoms. The summed E-state index contributed by atoms with van der Waals surface area (Å²) < 4.78 is 39.7. The van der Waals surface area contributed by atoms with Crippen LogP contribution in [-0.2, 0) is 19.1 Å². The van der Waals surface area contributed by atoms with Gasteiger partial charge >= 0.3 is 6.18 Å². The van der Waals surface area contributed by atoms with E-state index in [1.54, 1.807) is 6.92 Å². The number of nitrogens with one attached hydrogen (secondary N) is 1. The molecule has 0 aromatic carbocycles. The van der Waals surface area contributed by atoms with E-state index in [1.807, 2.05) is 0 Å². The van der Waals surface area contributed by atoms with Gasteiger partial charge < -0.3 is 9.67 Å². The number of rotatable bonds is 4. The van der Waals surface area contributed by atoms with Gasteiger partial charge in [0.25, 0.3) is 0 Å². The number of nitrogens with zero attached hydrogens (tertiary/aromatic N) is 1. The molecule has 2 N–H and O–H groups in total. The van der Waals surface area contributed by atoms with Gasteiger partial charge in [0, 0.05) is 19.3 Å². The zero-order valence-electron chi connectivity index (χ0n) is 9.51. The van der Waals surface area contributed by atoms with Crippen LogP contribution in [0.2, 0.25) is 0 Å². The van der Waals surface area contributed by atoms with E-state index in [4.69, 9.17) is 10.5 Å². The Kier molecular flexibility index (Phi) is 4.34. The van der Waals surface area contributed by atoms with Crippen LogP contribution in [0.15, 0.2) is 12.3 Å². The lowest BCUT2D eigenvalue weighted by atomic mass is 10.1. The van der Waals surface area contributed by atoms with Crippen molar-refractivity contribution in [2.24, 2.45) is 0 Å². The van der Waals surface area contributed by atoms with Crippen LogP contribution in [-0.4, -0.2) is 16.3 Å². The fourth-order valence-corrected chi connectivity index (χ4v) is 1.63. The summed E-state index contributed by atoms with van der Waals surface area (Å²) in [5.74, 6) is 0. The Bertz CT molecular complexity index is 437. The lowest BCUT2D eigenvalue weighted by Gasteiger charge is -2.15. The number of aryl methyl sites for hydroxylation is 2. The number of halogens is 3. The number of hydrogen-bond donors (Lipinski definition) is 2. The van der Waals surface area contributed by atoms with Crippen LogP contribution in [0.4, 0.5) is 13.2 Å². The minimum Gasteiger partial charge on any atom is -0.396 e. The maximum atomic E-state index is 12.7. The molecule has 0 saturated heterocycles. The third-order valence-electron chi connectivity index (χ3n) is 2.50. The molecule has 3 nitrogen and oxygen atoms in total. The van der Waals surface area contributed by atoms with Crippen molar-refractivity contribution in [3.8, 4) is 0 Å². The van der Waals surface area contributed by atoms with Crippen molar-refractivity contribution < 1.29 is 18.3 Å².